The van der Waals surface area contributed by atoms with Crippen LogP contribution in [0.5, 0.6) is 11.6 Å². The molecule has 4 aromatic rings. The molecule has 35 heavy (non-hydrogen) atoms. The number of methoxy groups -OCH3 is 1. The van der Waals surface area contributed by atoms with Gasteiger partial charge in [0.2, 0.25) is 15.9 Å². The van der Waals surface area contributed by atoms with E-state index in [9.17, 15) is 12.8 Å². The molecule has 0 bridgehead atoms. The zero-order valence-electron chi connectivity index (χ0n) is 19.1. The van der Waals surface area contributed by atoms with E-state index in [1.54, 1.807) is 62.7 Å². The minimum absolute atomic E-state index is 0.0814. The third-order valence-electron chi connectivity index (χ3n) is 5.04. The van der Waals surface area contributed by atoms with Crippen LogP contribution >= 0.6 is 0 Å². The van der Waals surface area contributed by atoms with Gasteiger partial charge < -0.3 is 14.8 Å². The molecule has 2 aromatic heterocycles. The van der Waals surface area contributed by atoms with Gasteiger partial charge in [0, 0.05) is 17.7 Å². The summed E-state index contributed by atoms with van der Waals surface area (Å²) in [6, 6.07) is 16.3. The Balaban J connectivity index is 1.57. The summed E-state index contributed by atoms with van der Waals surface area (Å²) in [5.74, 6) is 0.970. The van der Waals surface area contributed by atoms with Crippen molar-refractivity contribution in [2.45, 2.75) is 13.5 Å². The SMILES string of the molecule is CCS(=O)(=O)Nc1ccc(-c2cc(Nc3ccc(OC)nc3)n[nH]2)cc1OCc1ccc(F)cc1. The number of nitrogens with zero attached hydrogens (tertiary/aromatic N) is 2. The summed E-state index contributed by atoms with van der Waals surface area (Å²) in [5, 5.41) is 10.4. The summed E-state index contributed by atoms with van der Waals surface area (Å²) in [4.78, 5) is 4.15. The number of aromatic nitrogens is 3. The molecule has 0 saturated carbocycles. The third-order valence-corrected chi connectivity index (χ3v) is 6.33. The van der Waals surface area contributed by atoms with Gasteiger partial charge in [-0.25, -0.2) is 17.8 Å². The van der Waals surface area contributed by atoms with Crippen molar-refractivity contribution in [2.24, 2.45) is 0 Å². The molecule has 0 spiro atoms. The number of ether oxygens (including phenoxy) is 2. The molecule has 0 radical (unpaired) electrons. The molecule has 9 nitrogen and oxygen atoms in total. The fourth-order valence-electron chi connectivity index (χ4n) is 3.13. The number of H-pyrrole nitrogens is 1. The fraction of sp³-hybridized carbons (Fsp3) is 0.167. The van der Waals surface area contributed by atoms with Crippen LogP contribution in [0.25, 0.3) is 11.3 Å². The van der Waals surface area contributed by atoms with Gasteiger partial charge in [-0.15, -0.1) is 0 Å². The van der Waals surface area contributed by atoms with Crippen LogP contribution in [0.4, 0.5) is 21.6 Å². The second-order valence-electron chi connectivity index (χ2n) is 7.51. The molecule has 2 aromatic carbocycles. The van der Waals surface area contributed by atoms with E-state index in [-0.39, 0.29) is 18.2 Å². The molecule has 11 heteroatoms. The van der Waals surface area contributed by atoms with Gasteiger partial charge in [0.05, 0.1) is 36.1 Å². The number of aromatic amines is 1. The molecule has 0 aliphatic rings. The number of rotatable bonds is 10. The highest BCUT2D eigenvalue weighted by atomic mass is 32.2. The maximum absolute atomic E-state index is 13.2. The van der Waals surface area contributed by atoms with Gasteiger partial charge in [-0.05, 0) is 42.8 Å². The van der Waals surface area contributed by atoms with Crippen LogP contribution in [0.2, 0.25) is 0 Å². The number of benzene rings is 2. The van der Waals surface area contributed by atoms with Gasteiger partial charge in [-0.2, -0.15) is 5.10 Å². The number of pyridine rings is 1. The van der Waals surface area contributed by atoms with Gasteiger partial charge in [0.25, 0.3) is 0 Å². The highest BCUT2D eigenvalue weighted by Crippen LogP contribution is 2.33. The normalized spacial score (nSPS) is 11.2. The molecule has 3 N–H and O–H groups in total. The molecule has 4 rings (SSSR count). The van der Waals surface area contributed by atoms with Crippen LogP contribution in [-0.2, 0) is 16.6 Å². The summed E-state index contributed by atoms with van der Waals surface area (Å²) in [7, 11) is -1.97. The van der Waals surface area contributed by atoms with Crippen molar-refractivity contribution in [1.82, 2.24) is 15.2 Å². The lowest BCUT2D eigenvalue weighted by Gasteiger charge is -2.14. The smallest absolute Gasteiger partial charge is 0.232 e. The molecule has 0 atom stereocenters. The van der Waals surface area contributed by atoms with Crippen molar-refractivity contribution >= 4 is 27.2 Å². The summed E-state index contributed by atoms with van der Waals surface area (Å²) in [5.41, 5.74) is 3.19. The van der Waals surface area contributed by atoms with E-state index in [2.05, 4.69) is 25.2 Å². The van der Waals surface area contributed by atoms with Crippen LogP contribution in [0.1, 0.15) is 12.5 Å². The number of nitrogens with one attached hydrogen (secondary N) is 3. The Bertz CT molecular complexity index is 1390. The van der Waals surface area contributed by atoms with Gasteiger partial charge in [0.15, 0.2) is 5.82 Å². The minimum Gasteiger partial charge on any atom is -0.487 e. The monoisotopic (exact) mass is 497 g/mol. The predicted octanol–water partition coefficient (Wildman–Crippen LogP) is 4.70. The van der Waals surface area contributed by atoms with Crippen LogP contribution in [0, 0.1) is 5.82 Å². The van der Waals surface area contributed by atoms with E-state index in [0.717, 1.165) is 16.8 Å². The molecular weight excluding hydrogens is 473 g/mol. The first kappa shape index (κ1) is 24.0. The second kappa shape index (κ2) is 10.4. The Hall–Kier alpha value is -4.12. The first-order valence-electron chi connectivity index (χ1n) is 10.7. The van der Waals surface area contributed by atoms with E-state index < -0.39 is 10.0 Å². The fourth-order valence-corrected chi connectivity index (χ4v) is 3.78. The molecule has 2 heterocycles. The number of anilines is 3. The molecular formula is C24H24FN5O4S. The van der Waals surface area contributed by atoms with E-state index in [4.69, 9.17) is 9.47 Å². The lowest BCUT2D eigenvalue weighted by Crippen LogP contribution is -2.15. The average molecular weight is 498 g/mol. The summed E-state index contributed by atoms with van der Waals surface area (Å²) < 4.78 is 51.1. The van der Waals surface area contributed by atoms with Crippen LogP contribution < -0.4 is 19.5 Å². The Morgan fingerprint density at radius 2 is 1.86 bits per heavy atom. The van der Waals surface area contributed by atoms with Gasteiger partial charge in [-0.1, -0.05) is 18.2 Å². The zero-order chi connectivity index (χ0) is 24.8. The zero-order valence-corrected chi connectivity index (χ0v) is 19.9. The average Bonchev–Trinajstić information content (AvgIpc) is 3.33. The lowest BCUT2D eigenvalue weighted by atomic mass is 10.1. The minimum atomic E-state index is -3.52. The highest BCUT2D eigenvalue weighted by Gasteiger charge is 2.14. The summed E-state index contributed by atoms with van der Waals surface area (Å²) in [6.45, 7) is 1.68. The Labute approximate surface area is 202 Å². The van der Waals surface area contributed by atoms with Crippen molar-refractivity contribution in [3.05, 3.63) is 78.2 Å². The van der Waals surface area contributed by atoms with Gasteiger partial charge >= 0.3 is 0 Å². The summed E-state index contributed by atoms with van der Waals surface area (Å²) >= 11 is 0. The molecule has 0 aliphatic heterocycles. The number of hydrogen-bond donors (Lipinski definition) is 3. The summed E-state index contributed by atoms with van der Waals surface area (Å²) in [6.07, 6.45) is 1.63. The molecule has 0 saturated heterocycles. The van der Waals surface area contributed by atoms with Crippen molar-refractivity contribution in [2.75, 3.05) is 22.9 Å². The molecule has 0 amide bonds. The first-order chi connectivity index (χ1) is 16.8. The van der Waals surface area contributed by atoms with Gasteiger partial charge in [-0.3, -0.25) is 9.82 Å². The van der Waals surface area contributed by atoms with Crippen molar-refractivity contribution < 1.29 is 22.3 Å². The third kappa shape index (κ3) is 6.27. The quantitative estimate of drug-likeness (QED) is 0.291. The lowest BCUT2D eigenvalue weighted by molar-refractivity contribution is 0.308. The van der Waals surface area contributed by atoms with Crippen LogP contribution in [0.3, 0.4) is 0 Å². The highest BCUT2D eigenvalue weighted by molar-refractivity contribution is 7.92. The molecule has 0 aliphatic carbocycles. The van der Waals surface area contributed by atoms with Crippen LogP contribution in [0.15, 0.2) is 66.9 Å². The number of sulfonamides is 1. The van der Waals surface area contributed by atoms with Crippen LogP contribution in [-0.4, -0.2) is 36.5 Å². The predicted molar refractivity (Wildman–Crippen MR) is 132 cm³/mol. The Morgan fingerprint density at radius 3 is 2.54 bits per heavy atom. The van der Waals surface area contributed by atoms with Crippen molar-refractivity contribution in [1.29, 1.82) is 0 Å². The molecule has 0 fully saturated rings. The maximum Gasteiger partial charge on any atom is 0.232 e. The number of halogens is 1. The Morgan fingerprint density at radius 1 is 1.06 bits per heavy atom. The first-order valence-corrected chi connectivity index (χ1v) is 12.3. The van der Waals surface area contributed by atoms with E-state index in [0.29, 0.717) is 28.8 Å². The second-order valence-corrected chi connectivity index (χ2v) is 9.52. The van der Waals surface area contributed by atoms with E-state index in [1.165, 1.54) is 12.1 Å². The topological polar surface area (TPSA) is 118 Å². The van der Waals surface area contributed by atoms with Crippen molar-refractivity contribution in [3.8, 4) is 22.9 Å². The molecule has 0 unspecified atom stereocenters. The standard InChI is InChI=1S/C24H24FN5O4S/c1-3-35(31,32)30-20-10-6-17(12-22(20)34-15-16-4-7-18(25)8-5-16)21-13-23(29-28-21)27-19-9-11-24(33-2)26-14-19/h4-14,30H,3,15H2,1-2H3,(H2,27,28,29). The maximum atomic E-state index is 13.2. The van der Waals surface area contributed by atoms with E-state index >= 15 is 0 Å². The Kier molecular flexibility index (Phi) is 7.16. The molecule has 182 valence electrons. The van der Waals surface area contributed by atoms with Gasteiger partial charge in [0.1, 0.15) is 18.2 Å². The number of hydrogen-bond acceptors (Lipinski definition) is 7. The van der Waals surface area contributed by atoms with Crippen molar-refractivity contribution in [3.63, 3.8) is 0 Å². The van der Waals surface area contributed by atoms with E-state index in [1.807, 2.05) is 6.07 Å². The largest absolute Gasteiger partial charge is 0.487 e.